The van der Waals surface area contributed by atoms with E-state index in [-0.39, 0.29) is 5.66 Å². The molecule has 88 valence electrons. The van der Waals surface area contributed by atoms with E-state index >= 15 is 0 Å². The molecule has 1 atom stereocenters. The standard InChI is InChI=1S/C17H15P/c1-3-9-15(10-4-1)18(17-13-7-8-14-17)16-11-5-2-6-12-16/h1-14,17H/i13D. The van der Waals surface area contributed by atoms with Gasteiger partial charge in [0.2, 0.25) is 0 Å². The van der Waals surface area contributed by atoms with Crippen LogP contribution >= 0.6 is 7.92 Å². The van der Waals surface area contributed by atoms with Crippen LogP contribution in [0.5, 0.6) is 0 Å². The maximum atomic E-state index is 8.13. The zero-order valence-electron chi connectivity index (χ0n) is 11.0. The SMILES string of the molecule is [2H]C1=CC=CC1P(c1ccccc1)c1ccccc1. The molecule has 0 saturated heterocycles. The molecule has 0 radical (unpaired) electrons. The van der Waals surface area contributed by atoms with E-state index in [1.165, 1.54) is 10.6 Å². The first-order valence-electron chi connectivity index (χ1n) is 6.60. The van der Waals surface area contributed by atoms with Gasteiger partial charge in [0, 0.05) is 5.66 Å². The second kappa shape index (κ2) is 5.33. The molecule has 1 aliphatic carbocycles. The number of benzene rings is 2. The predicted molar refractivity (Wildman–Crippen MR) is 81.1 cm³/mol. The minimum absolute atomic E-state index is 0.208. The van der Waals surface area contributed by atoms with Crippen LogP contribution in [0, 0.1) is 0 Å². The molecule has 0 bridgehead atoms. The zero-order valence-corrected chi connectivity index (χ0v) is 10.9. The summed E-state index contributed by atoms with van der Waals surface area (Å²) in [5.74, 6) is 0. The van der Waals surface area contributed by atoms with Crippen molar-refractivity contribution in [1.29, 1.82) is 0 Å². The highest BCUT2D eigenvalue weighted by atomic mass is 31.1. The molecule has 0 N–H and O–H groups in total. The first kappa shape index (κ1) is 10.3. The van der Waals surface area contributed by atoms with E-state index in [0.717, 1.165) is 6.05 Å². The van der Waals surface area contributed by atoms with Gasteiger partial charge in [-0.2, -0.15) is 0 Å². The Morgan fingerprint density at radius 2 is 1.33 bits per heavy atom. The molecule has 0 aliphatic heterocycles. The Hall–Kier alpha value is -1.65. The summed E-state index contributed by atoms with van der Waals surface area (Å²) in [4.78, 5) is 0. The van der Waals surface area contributed by atoms with E-state index in [1.54, 1.807) is 0 Å². The van der Waals surface area contributed by atoms with Gasteiger partial charge in [0.25, 0.3) is 0 Å². The lowest BCUT2D eigenvalue weighted by atomic mass is 10.4. The first-order chi connectivity index (χ1) is 9.36. The lowest BCUT2D eigenvalue weighted by Crippen LogP contribution is -2.18. The predicted octanol–water partition coefficient (Wildman–Crippen LogP) is 3.61. The van der Waals surface area contributed by atoms with Gasteiger partial charge < -0.3 is 0 Å². The van der Waals surface area contributed by atoms with Crippen molar-refractivity contribution in [3.8, 4) is 0 Å². The zero-order chi connectivity index (χ0) is 13.1. The molecular weight excluding hydrogens is 235 g/mol. The molecule has 0 nitrogen and oxygen atoms in total. The Bertz CT molecular complexity index is 562. The average molecular weight is 251 g/mol. The van der Waals surface area contributed by atoms with E-state index < -0.39 is 7.92 Å². The van der Waals surface area contributed by atoms with Gasteiger partial charge in [0.1, 0.15) is 0 Å². The summed E-state index contributed by atoms with van der Waals surface area (Å²) in [5, 5.41) is 2.66. The Morgan fingerprint density at radius 1 is 0.778 bits per heavy atom. The molecule has 1 unspecified atom stereocenters. The van der Waals surface area contributed by atoms with E-state index in [0.29, 0.717) is 0 Å². The van der Waals surface area contributed by atoms with Gasteiger partial charge in [-0.05, 0) is 18.5 Å². The summed E-state index contributed by atoms with van der Waals surface area (Å²) in [6, 6.07) is 21.9. The van der Waals surface area contributed by atoms with Gasteiger partial charge in [-0.15, -0.1) is 0 Å². The summed E-state index contributed by atoms with van der Waals surface area (Å²) in [6.07, 6.45) is 6.08. The smallest absolute Gasteiger partial charge is 0.0586 e. The molecule has 2 aromatic carbocycles. The maximum absolute atomic E-state index is 8.13. The fraction of sp³-hybridized carbons (Fsp3) is 0.0588. The molecule has 1 heteroatoms. The Balaban J connectivity index is 2.07. The highest BCUT2D eigenvalue weighted by molar-refractivity contribution is 7.74. The van der Waals surface area contributed by atoms with Gasteiger partial charge >= 0.3 is 0 Å². The van der Waals surface area contributed by atoms with Crippen LogP contribution in [-0.4, -0.2) is 5.66 Å². The van der Waals surface area contributed by atoms with Crippen LogP contribution in [0.25, 0.3) is 0 Å². The van der Waals surface area contributed by atoms with E-state index in [2.05, 4.69) is 54.6 Å². The molecule has 0 amide bonds. The number of hydrogen-bond donors (Lipinski definition) is 0. The molecule has 1 aliphatic rings. The monoisotopic (exact) mass is 251 g/mol. The largest absolute Gasteiger partial charge is 0.0727 e. The maximum Gasteiger partial charge on any atom is 0.0586 e. The number of rotatable bonds is 3. The number of hydrogen-bond acceptors (Lipinski definition) is 0. The van der Waals surface area contributed by atoms with Crippen molar-refractivity contribution in [2.24, 2.45) is 0 Å². The van der Waals surface area contributed by atoms with Crippen LogP contribution < -0.4 is 10.6 Å². The van der Waals surface area contributed by atoms with Crippen molar-refractivity contribution in [1.82, 2.24) is 0 Å². The summed E-state index contributed by atoms with van der Waals surface area (Å²) in [5.41, 5.74) is 0.208. The normalized spacial score (nSPS) is 18.8. The van der Waals surface area contributed by atoms with Crippen LogP contribution in [0.3, 0.4) is 0 Å². The van der Waals surface area contributed by atoms with Crippen molar-refractivity contribution in [2.45, 2.75) is 5.66 Å². The molecule has 3 rings (SSSR count). The summed E-state index contributed by atoms with van der Waals surface area (Å²) in [6.45, 7) is 0. The lowest BCUT2D eigenvalue weighted by molar-refractivity contribution is 1.45. The molecule has 0 heterocycles. The van der Waals surface area contributed by atoms with Crippen LogP contribution in [0.4, 0.5) is 0 Å². The van der Waals surface area contributed by atoms with Crippen molar-refractivity contribution in [2.75, 3.05) is 0 Å². The van der Waals surface area contributed by atoms with Crippen LogP contribution in [0.2, 0.25) is 0 Å². The molecule has 0 fully saturated rings. The highest BCUT2D eigenvalue weighted by Crippen LogP contribution is 2.42. The summed E-state index contributed by atoms with van der Waals surface area (Å²) < 4.78 is 8.13. The van der Waals surface area contributed by atoms with Crippen LogP contribution in [0.1, 0.15) is 1.37 Å². The molecular formula is C17H15P. The Kier molecular flexibility index (Phi) is 3.05. The van der Waals surface area contributed by atoms with E-state index in [9.17, 15) is 0 Å². The number of allylic oxidation sites excluding steroid dienone is 4. The average Bonchev–Trinajstić information content (AvgIpc) is 2.88. The van der Waals surface area contributed by atoms with Gasteiger partial charge in [-0.25, -0.2) is 0 Å². The van der Waals surface area contributed by atoms with Gasteiger partial charge in [0.05, 0.1) is 1.37 Å². The summed E-state index contributed by atoms with van der Waals surface area (Å²) in [7, 11) is -0.534. The van der Waals surface area contributed by atoms with Gasteiger partial charge in [-0.3, -0.25) is 0 Å². The molecule has 2 aromatic rings. The van der Waals surface area contributed by atoms with Crippen molar-refractivity contribution in [3.05, 3.63) is 84.9 Å². The topological polar surface area (TPSA) is 0 Å². The molecule has 18 heavy (non-hydrogen) atoms. The fourth-order valence-electron chi connectivity index (χ4n) is 2.18. The van der Waals surface area contributed by atoms with Crippen LogP contribution in [0.15, 0.2) is 84.9 Å². The fourth-order valence-corrected chi connectivity index (χ4v) is 4.61. The quantitative estimate of drug-likeness (QED) is 0.731. The third-order valence-electron chi connectivity index (χ3n) is 3.00. The van der Waals surface area contributed by atoms with Crippen molar-refractivity contribution < 1.29 is 1.37 Å². The van der Waals surface area contributed by atoms with Crippen molar-refractivity contribution in [3.63, 3.8) is 0 Å². The second-order valence-electron chi connectivity index (χ2n) is 4.20. The summed E-state index contributed by atoms with van der Waals surface area (Å²) >= 11 is 0. The Morgan fingerprint density at radius 3 is 1.78 bits per heavy atom. The minimum atomic E-state index is -0.534. The third-order valence-corrected chi connectivity index (χ3v) is 5.59. The van der Waals surface area contributed by atoms with Crippen molar-refractivity contribution >= 4 is 18.5 Å². The van der Waals surface area contributed by atoms with Crippen LogP contribution in [-0.2, 0) is 0 Å². The second-order valence-corrected chi connectivity index (χ2v) is 6.53. The molecule has 0 saturated carbocycles. The van der Waals surface area contributed by atoms with E-state index in [4.69, 9.17) is 1.37 Å². The minimum Gasteiger partial charge on any atom is -0.0727 e. The van der Waals surface area contributed by atoms with E-state index in [1.807, 2.05) is 24.3 Å². The molecule has 0 aromatic heterocycles. The lowest BCUT2D eigenvalue weighted by Gasteiger charge is -2.22. The Labute approximate surface area is 111 Å². The van der Waals surface area contributed by atoms with Gasteiger partial charge in [0.15, 0.2) is 0 Å². The highest BCUT2D eigenvalue weighted by Gasteiger charge is 2.21. The van der Waals surface area contributed by atoms with Gasteiger partial charge in [-0.1, -0.05) is 84.9 Å². The first-order valence-corrected chi connectivity index (χ1v) is 7.51. The molecule has 0 spiro atoms. The third kappa shape index (κ3) is 2.30.